The summed E-state index contributed by atoms with van der Waals surface area (Å²) in [5.41, 5.74) is -0.147. The first kappa shape index (κ1) is 16.2. The monoisotopic (exact) mass is 351 g/mol. The number of halogens is 2. The Labute approximate surface area is 142 Å². The second-order valence-electron chi connectivity index (χ2n) is 6.44. The summed E-state index contributed by atoms with van der Waals surface area (Å²) in [7, 11) is 0. The van der Waals surface area contributed by atoms with Crippen LogP contribution in [0.2, 0.25) is 0 Å². The number of nitrogens with one attached hydrogen (secondary N) is 1. The van der Waals surface area contributed by atoms with Crippen molar-refractivity contribution in [1.82, 2.24) is 14.6 Å². The van der Waals surface area contributed by atoms with Crippen molar-refractivity contribution in [1.29, 1.82) is 0 Å². The number of piperidine rings is 1. The molecule has 24 heavy (non-hydrogen) atoms. The van der Waals surface area contributed by atoms with Crippen LogP contribution in [0.15, 0.2) is 35.5 Å². The lowest BCUT2D eigenvalue weighted by atomic mass is 9.94. The Bertz CT molecular complexity index is 726. The topological polar surface area (TPSA) is 51.2 Å². The van der Waals surface area contributed by atoms with Crippen molar-refractivity contribution in [3.63, 3.8) is 0 Å². The molecule has 2 aliphatic heterocycles. The van der Waals surface area contributed by atoms with Gasteiger partial charge in [-0.15, -0.1) is 4.31 Å². The van der Waals surface area contributed by atoms with Crippen molar-refractivity contribution in [3.8, 4) is 0 Å². The maximum atomic E-state index is 13.4. The van der Waals surface area contributed by atoms with E-state index in [2.05, 4.69) is 10.3 Å². The molecule has 4 nitrogen and oxygen atoms in total. The van der Waals surface area contributed by atoms with Crippen molar-refractivity contribution >= 4 is 22.1 Å². The first-order valence-corrected chi connectivity index (χ1v) is 9.31. The minimum absolute atomic E-state index is 0.147. The van der Waals surface area contributed by atoms with Gasteiger partial charge in [0.15, 0.2) is 4.90 Å². The molecule has 0 amide bonds. The Morgan fingerprint density at radius 3 is 2.96 bits per heavy atom. The van der Waals surface area contributed by atoms with Crippen LogP contribution >= 0.6 is 0 Å². The number of nitrogens with zero attached hydrogens (tertiary/aromatic N) is 2. The average molecular weight is 351 g/mol. The first-order valence-electron chi connectivity index (χ1n) is 8.20. The molecule has 128 valence electrons. The highest BCUT2D eigenvalue weighted by molar-refractivity contribution is 7.89. The minimum atomic E-state index is -2.64. The Kier molecular flexibility index (Phi) is 4.42. The lowest BCUT2D eigenvalue weighted by Crippen LogP contribution is -2.41. The van der Waals surface area contributed by atoms with Gasteiger partial charge in [0.25, 0.3) is 6.43 Å². The third-order valence-electron chi connectivity index (χ3n) is 5.00. The molecule has 2 saturated heterocycles. The van der Waals surface area contributed by atoms with Crippen LogP contribution in [0, 0.1) is 5.92 Å². The van der Waals surface area contributed by atoms with E-state index in [1.165, 1.54) is 6.20 Å². The average Bonchev–Trinajstić information content (AvgIpc) is 3.04. The van der Waals surface area contributed by atoms with Gasteiger partial charge in [-0.1, -0.05) is 12.1 Å². The lowest BCUT2D eigenvalue weighted by Gasteiger charge is -2.24. The predicted molar refractivity (Wildman–Crippen MR) is 89.2 cm³/mol. The molecule has 0 spiro atoms. The second-order valence-corrected chi connectivity index (χ2v) is 7.90. The molecule has 0 saturated carbocycles. The molecule has 2 aromatic rings. The molecule has 3 heterocycles. The lowest BCUT2D eigenvalue weighted by molar-refractivity contribution is 0.152. The largest absolute Gasteiger partial charge is 0.593 e. The van der Waals surface area contributed by atoms with Crippen LogP contribution in [-0.4, -0.2) is 39.5 Å². The van der Waals surface area contributed by atoms with E-state index in [4.69, 9.17) is 0 Å². The van der Waals surface area contributed by atoms with Crippen LogP contribution in [0.5, 0.6) is 0 Å². The Morgan fingerprint density at radius 2 is 2.17 bits per heavy atom. The number of hydrogen-bond acceptors (Lipinski definition) is 4. The Morgan fingerprint density at radius 1 is 1.29 bits per heavy atom. The van der Waals surface area contributed by atoms with E-state index in [1.807, 2.05) is 4.31 Å². The highest BCUT2D eigenvalue weighted by atomic mass is 32.2. The molecule has 3 atom stereocenters. The molecule has 7 heteroatoms. The van der Waals surface area contributed by atoms with Gasteiger partial charge in [0, 0.05) is 35.9 Å². The van der Waals surface area contributed by atoms with Gasteiger partial charge in [0.2, 0.25) is 0 Å². The fraction of sp³-hybridized carbons (Fsp3) is 0.471. The maximum absolute atomic E-state index is 13.4. The zero-order valence-corrected chi connectivity index (χ0v) is 13.9. The highest BCUT2D eigenvalue weighted by Gasteiger charge is 2.41. The van der Waals surface area contributed by atoms with Crippen LogP contribution in [0.3, 0.4) is 0 Å². The predicted octanol–water partition coefficient (Wildman–Crippen LogP) is 2.88. The van der Waals surface area contributed by atoms with Crippen molar-refractivity contribution in [3.05, 3.63) is 36.2 Å². The molecule has 1 aromatic carbocycles. The summed E-state index contributed by atoms with van der Waals surface area (Å²) in [4.78, 5) is 4.35. The van der Waals surface area contributed by atoms with Gasteiger partial charge in [0.05, 0.1) is 23.3 Å². The minimum Gasteiger partial charge on any atom is -0.593 e. The summed E-state index contributed by atoms with van der Waals surface area (Å²) in [6, 6.07) is 5.54. The van der Waals surface area contributed by atoms with Crippen LogP contribution in [0.1, 0.15) is 24.8 Å². The smallest absolute Gasteiger partial charge is 0.266 e. The molecule has 3 unspecified atom stereocenters. The third-order valence-corrected chi connectivity index (χ3v) is 6.48. The second kappa shape index (κ2) is 6.55. The summed E-state index contributed by atoms with van der Waals surface area (Å²) >= 11 is -1.44. The summed E-state index contributed by atoms with van der Waals surface area (Å²) in [6.07, 6.45) is 2.36. The van der Waals surface area contributed by atoms with Gasteiger partial charge in [-0.05, 0) is 31.4 Å². The van der Waals surface area contributed by atoms with Crippen LogP contribution < -0.4 is 5.32 Å². The summed E-state index contributed by atoms with van der Waals surface area (Å²) < 4.78 is 41.8. The number of alkyl halides is 2. The van der Waals surface area contributed by atoms with Crippen molar-refractivity contribution in [2.75, 3.05) is 19.6 Å². The summed E-state index contributed by atoms with van der Waals surface area (Å²) in [5, 5.41) is 4.46. The number of benzene rings is 1. The van der Waals surface area contributed by atoms with E-state index in [0.717, 1.165) is 25.9 Å². The Balaban J connectivity index is 1.71. The molecule has 2 fully saturated rings. The quantitative estimate of drug-likeness (QED) is 0.864. The van der Waals surface area contributed by atoms with E-state index in [0.29, 0.717) is 34.2 Å². The van der Waals surface area contributed by atoms with Crippen molar-refractivity contribution in [2.45, 2.75) is 30.2 Å². The molecule has 0 aliphatic carbocycles. The van der Waals surface area contributed by atoms with E-state index < -0.39 is 17.8 Å². The molecule has 1 N–H and O–H groups in total. The van der Waals surface area contributed by atoms with Gasteiger partial charge in [-0.2, -0.15) is 0 Å². The molecule has 4 rings (SSSR count). The van der Waals surface area contributed by atoms with Gasteiger partial charge < -0.3 is 9.87 Å². The third kappa shape index (κ3) is 2.79. The van der Waals surface area contributed by atoms with E-state index >= 15 is 0 Å². The molecule has 1 aromatic heterocycles. The van der Waals surface area contributed by atoms with Crippen molar-refractivity contribution in [2.24, 2.45) is 5.92 Å². The van der Waals surface area contributed by atoms with Gasteiger partial charge in [-0.3, -0.25) is 4.98 Å². The standard InChI is InChI=1S/C17H19F2N3OS/c18-17(19)13-8-20-7-11-3-1-5-15(16(11)13)24(23)22-9-12-4-2-6-21-14(12)10-22/h1,3,5,7-8,12,14,17,21H,2,4,6,9-10H2. The van der Waals surface area contributed by atoms with E-state index in [9.17, 15) is 13.3 Å². The normalized spacial score (nSPS) is 26.0. The highest BCUT2D eigenvalue weighted by Crippen LogP contribution is 2.35. The molecule has 2 aliphatic rings. The number of rotatable bonds is 3. The fourth-order valence-corrected chi connectivity index (χ4v) is 5.33. The molecule has 0 bridgehead atoms. The molecule has 0 radical (unpaired) electrons. The van der Waals surface area contributed by atoms with E-state index in [-0.39, 0.29) is 5.56 Å². The summed E-state index contributed by atoms with van der Waals surface area (Å²) in [6.45, 7) is 2.44. The maximum Gasteiger partial charge on any atom is 0.266 e. The number of aromatic nitrogens is 1. The van der Waals surface area contributed by atoms with Crippen LogP contribution in [0.25, 0.3) is 10.8 Å². The first-order chi connectivity index (χ1) is 11.6. The summed E-state index contributed by atoms with van der Waals surface area (Å²) in [5.74, 6) is 0.494. The van der Waals surface area contributed by atoms with E-state index in [1.54, 1.807) is 24.4 Å². The van der Waals surface area contributed by atoms with Crippen molar-refractivity contribution < 1.29 is 13.3 Å². The SMILES string of the molecule is [O-][S+](c1cccc2cncc(C(F)F)c12)N1CC2CCCNC2C1. The van der Waals surface area contributed by atoms with Gasteiger partial charge in [-0.25, -0.2) is 8.78 Å². The number of hydrogen-bond donors (Lipinski definition) is 1. The number of fused-ring (bicyclic) bond motifs is 2. The fourth-order valence-electron chi connectivity index (χ4n) is 3.82. The zero-order chi connectivity index (χ0) is 16.7. The van der Waals surface area contributed by atoms with Crippen LogP contribution in [0.4, 0.5) is 8.78 Å². The van der Waals surface area contributed by atoms with Gasteiger partial charge >= 0.3 is 0 Å². The Hall–Kier alpha value is -1.28. The van der Waals surface area contributed by atoms with Crippen LogP contribution in [-0.2, 0) is 11.4 Å². The van der Waals surface area contributed by atoms with Gasteiger partial charge in [0.1, 0.15) is 0 Å². The zero-order valence-electron chi connectivity index (χ0n) is 13.1. The molecular formula is C17H19F2N3OS. The molecular weight excluding hydrogens is 332 g/mol. The number of pyridine rings is 1.